The van der Waals surface area contributed by atoms with Gasteiger partial charge in [-0.15, -0.1) is 0 Å². The second kappa shape index (κ2) is 3.96. The molecule has 0 spiro atoms. The number of hydrogen-bond donors (Lipinski definition) is 0. The van der Waals surface area contributed by atoms with Crippen molar-refractivity contribution < 1.29 is 4.79 Å². The quantitative estimate of drug-likeness (QED) is 0.430. The summed E-state index contributed by atoms with van der Waals surface area (Å²) in [7, 11) is 1.62. The molecule has 0 aromatic rings. The summed E-state index contributed by atoms with van der Waals surface area (Å²) < 4.78 is 0. The molecule has 4 heteroatoms. The van der Waals surface area contributed by atoms with Gasteiger partial charge in [-0.3, -0.25) is 4.79 Å². The first-order valence-electron chi connectivity index (χ1n) is 4.12. The summed E-state index contributed by atoms with van der Waals surface area (Å²) in [6.45, 7) is 1.94. The number of carbonyl (C=O) groups excluding carboxylic acids is 1. The first-order chi connectivity index (χ1) is 5.74. The fourth-order valence-electron chi connectivity index (χ4n) is 1.30. The highest BCUT2D eigenvalue weighted by Gasteiger charge is 2.18. The van der Waals surface area contributed by atoms with E-state index in [-0.39, 0.29) is 12.5 Å². The fraction of sp³-hybridized carbons (Fsp3) is 0.750. The maximum Gasteiger partial charge on any atom is 0.242 e. The third-order valence-electron chi connectivity index (χ3n) is 2.00. The molecule has 0 aliphatic carbocycles. The standard InChI is InChI=1S/C8H13N3O/c1-10(7-9)6-8(12)11-4-2-3-5-11/h2-6H2,1H3. The third-order valence-corrected chi connectivity index (χ3v) is 2.00. The molecule has 1 fully saturated rings. The second-order valence-corrected chi connectivity index (χ2v) is 3.04. The van der Waals surface area contributed by atoms with E-state index in [9.17, 15) is 4.79 Å². The Balaban J connectivity index is 2.33. The average Bonchev–Trinajstić information content (AvgIpc) is 2.56. The van der Waals surface area contributed by atoms with Gasteiger partial charge < -0.3 is 9.80 Å². The maximum atomic E-state index is 11.3. The van der Waals surface area contributed by atoms with Gasteiger partial charge in [-0.05, 0) is 12.8 Å². The Morgan fingerprint density at radius 3 is 2.67 bits per heavy atom. The van der Waals surface area contributed by atoms with Gasteiger partial charge in [0.1, 0.15) is 6.54 Å². The number of likely N-dealkylation sites (tertiary alicyclic amines) is 1. The molecule has 66 valence electrons. The van der Waals surface area contributed by atoms with Crippen LogP contribution in [0.15, 0.2) is 0 Å². The van der Waals surface area contributed by atoms with Gasteiger partial charge in [0.15, 0.2) is 6.19 Å². The van der Waals surface area contributed by atoms with Crippen molar-refractivity contribution in [2.24, 2.45) is 0 Å². The molecule has 1 aliphatic heterocycles. The largest absolute Gasteiger partial charge is 0.341 e. The van der Waals surface area contributed by atoms with E-state index in [4.69, 9.17) is 5.26 Å². The number of rotatable bonds is 2. The van der Waals surface area contributed by atoms with E-state index in [2.05, 4.69) is 0 Å². The molecule has 1 amide bonds. The van der Waals surface area contributed by atoms with Crippen LogP contribution in [0, 0.1) is 11.5 Å². The molecule has 0 aromatic carbocycles. The zero-order valence-corrected chi connectivity index (χ0v) is 7.29. The number of amides is 1. The van der Waals surface area contributed by atoms with Crippen molar-refractivity contribution in [1.82, 2.24) is 9.80 Å². The Labute approximate surface area is 72.4 Å². The van der Waals surface area contributed by atoms with Crippen LogP contribution < -0.4 is 0 Å². The summed E-state index contributed by atoms with van der Waals surface area (Å²) in [6, 6.07) is 0. The predicted octanol–water partition coefficient (Wildman–Crippen LogP) is 0.0217. The van der Waals surface area contributed by atoms with Crippen molar-refractivity contribution in [2.45, 2.75) is 12.8 Å². The van der Waals surface area contributed by atoms with Crippen LogP contribution in [0.2, 0.25) is 0 Å². The topological polar surface area (TPSA) is 47.3 Å². The number of carbonyl (C=O) groups is 1. The van der Waals surface area contributed by atoms with Crippen LogP contribution >= 0.6 is 0 Å². The minimum atomic E-state index is 0.0663. The Bertz CT molecular complexity index is 203. The molecular formula is C8H13N3O. The Morgan fingerprint density at radius 2 is 2.17 bits per heavy atom. The molecule has 0 unspecified atom stereocenters. The molecule has 0 atom stereocenters. The van der Waals surface area contributed by atoms with Gasteiger partial charge in [-0.25, -0.2) is 0 Å². The molecule has 12 heavy (non-hydrogen) atoms. The molecule has 0 bridgehead atoms. The monoisotopic (exact) mass is 167 g/mol. The number of nitriles is 1. The maximum absolute atomic E-state index is 11.3. The number of nitrogens with zero attached hydrogens (tertiary/aromatic N) is 3. The summed E-state index contributed by atoms with van der Waals surface area (Å²) in [5.41, 5.74) is 0. The van der Waals surface area contributed by atoms with Gasteiger partial charge in [0.25, 0.3) is 0 Å². The zero-order valence-electron chi connectivity index (χ0n) is 7.29. The van der Waals surface area contributed by atoms with Crippen LogP contribution in [0.25, 0.3) is 0 Å². The number of likely N-dealkylation sites (N-methyl/N-ethyl adjacent to an activating group) is 1. The SMILES string of the molecule is CN(C#N)CC(=O)N1CCCC1. The normalized spacial score (nSPS) is 15.8. The first-order valence-corrected chi connectivity index (χ1v) is 4.12. The van der Waals surface area contributed by atoms with Crippen LogP contribution in [-0.2, 0) is 4.79 Å². The molecule has 1 rings (SSSR count). The Hall–Kier alpha value is -1.24. The highest BCUT2D eigenvalue weighted by Crippen LogP contribution is 2.07. The lowest BCUT2D eigenvalue weighted by molar-refractivity contribution is -0.130. The van der Waals surface area contributed by atoms with E-state index in [1.165, 1.54) is 4.90 Å². The van der Waals surface area contributed by atoms with Crippen LogP contribution in [0.3, 0.4) is 0 Å². The van der Waals surface area contributed by atoms with Crippen molar-refractivity contribution >= 4 is 5.91 Å². The molecule has 1 aliphatic rings. The van der Waals surface area contributed by atoms with Crippen LogP contribution in [-0.4, -0.2) is 42.4 Å². The molecule has 0 N–H and O–H groups in total. The van der Waals surface area contributed by atoms with Crippen LogP contribution in [0.4, 0.5) is 0 Å². The zero-order chi connectivity index (χ0) is 8.97. The van der Waals surface area contributed by atoms with E-state index in [0.29, 0.717) is 0 Å². The highest BCUT2D eigenvalue weighted by molar-refractivity contribution is 5.78. The Kier molecular flexibility index (Phi) is 2.92. The molecule has 4 nitrogen and oxygen atoms in total. The van der Waals surface area contributed by atoms with Crippen molar-refractivity contribution in [3.63, 3.8) is 0 Å². The van der Waals surface area contributed by atoms with E-state index in [0.717, 1.165) is 25.9 Å². The molecule has 1 saturated heterocycles. The van der Waals surface area contributed by atoms with Gasteiger partial charge in [0.2, 0.25) is 5.91 Å². The lowest BCUT2D eigenvalue weighted by Gasteiger charge is -2.17. The van der Waals surface area contributed by atoms with Gasteiger partial charge >= 0.3 is 0 Å². The van der Waals surface area contributed by atoms with E-state index < -0.39 is 0 Å². The molecule has 0 aromatic heterocycles. The summed E-state index contributed by atoms with van der Waals surface area (Å²) >= 11 is 0. The highest BCUT2D eigenvalue weighted by atomic mass is 16.2. The predicted molar refractivity (Wildman–Crippen MR) is 44.1 cm³/mol. The fourth-order valence-corrected chi connectivity index (χ4v) is 1.30. The minimum Gasteiger partial charge on any atom is -0.341 e. The van der Waals surface area contributed by atoms with Crippen molar-refractivity contribution in [3.8, 4) is 6.19 Å². The van der Waals surface area contributed by atoms with Gasteiger partial charge in [-0.2, -0.15) is 5.26 Å². The minimum absolute atomic E-state index is 0.0663. The van der Waals surface area contributed by atoms with Gasteiger partial charge in [-0.1, -0.05) is 0 Å². The molecule has 1 heterocycles. The summed E-state index contributed by atoms with van der Waals surface area (Å²) in [5.74, 6) is 0.0663. The summed E-state index contributed by atoms with van der Waals surface area (Å²) in [4.78, 5) is 14.5. The second-order valence-electron chi connectivity index (χ2n) is 3.04. The Morgan fingerprint density at radius 1 is 1.58 bits per heavy atom. The van der Waals surface area contributed by atoms with Crippen molar-refractivity contribution in [3.05, 3.63) is 0 Å². The first kappa shape index (κ1) is 8.85. The summed E-state index contributed by atoms with van der Waals surface area (Å²) in [6.07, 6.45) is 4.10. The molecule has 0 saturated carbocycles. The lowest BCUT2D eigenvalue weighted by Crippen LogP contribution is -2.35. The van der Waals surface area contributed by atoms with E-state index in [1.807, 2.05) is 11.1 Å². The number of hydrogen-bond acceptors (Lipinski definition) is 3. The van der Waals surface area contributed by atoms with Crippen LogP contribution in [0.1, 0.15) is 12.8 Å². The summed E-state index contributed by atoms with van der Waals surface area (Å²) in [5, 5.41) is 8.43. The van der Waals surface area contributed by atoms with E-state index in [1.54, 1.807) is 7.05 Å². The van der Waals surface area contributed by atoms with Crippen molar-refractivity contribution in [1.29, 1.82) is 5.26 Å². The van der Waals surface area contributed by atoms with Gasteiger partial charge in [0.05, 0.1) is 0 Å². The van der Waals surface area contributed by atoms with Crippen LogP contribution in [0.5, 0.6) is 0 Å². The average molecular weight is 167 g/mol. The lowest BCUT2D eigenvalue weighted by atomic mass is 10.4. The van der Waals surface area contributed by atoms with Crippen molar-refractivity contribution in [2.75, 3.05) is 26.7 Å². The molecule has 0 radical (unpaired) electrons. The van der Waals surface area contributed by atoms with E-state index >= 15 is 0 Å². The third kappa shape index (κ3) is 2.12. The molecular weight excluding hydrogens is 154 g/mol. The smallest absolute Gasteiger partial charge is 0.242 e. The van der Waals surface area contributed by atoms with Gasteiger partial charge in [0, 0.05) is 20.1 Å².